The highest BCUT2D eigenvalue weighted by molar-refractivity contribution is 6.31. The first-order valence-corrected chi connectivity index (χ1v) is 10.6. The molecule has 0 radical (unpaired) electrons. The summed E-state index contributed by atoms with van der Waals surface area (Å²) in [5, 5.41) is 3.54. The monoisotopic (exact) mass is 417 g/mol. The van der Waals surface area contributed by atoms with Crippen molar-refractivity contribution in [3.05, 3.63) is 64.9 Å². The van der Waals surface area contributed by atoms with E-state index in [0.29, 0.717) is 23.7 Å². The van der Waals surface area contributed by atoms with Crippen LogP contribution in [0.3, 0.4) is 0 Å². The van der Waals surface area contributed by atoms with Crippen LogP contribution < -0.4 is 10.2 Å². The molecule has 2 aromatic rings. The molecule has 29 heavy (non-hydrogen) atoms. The average Bonchev–Trinajstić information content (AvgIpc) is 2.74. The van der Waals surface area contributed by atoms with E-state index in [0.717, 1.165) is 38.9 Å². The van der Waals surface area contributed by atoms with E-state index < -0.39 is 0 Å². The zero-order chi connectivity index (χ0) is 20.6. The van der Waals surface area contributed by atoms with Crippen LogP contribution in [0.25, 0.3) is 0 Å². The Morgan fingerprint density at radius 1 is 1.17 bits per heavy atom. The quantitative estimate of drug-likeness (QED) is 0.649. The number of piperidine rings is 1. The maximum absolute atomic E-state index is 14.0. The van der Waals surface area contributed by atoms with Gasteiger partial charge in [-0.05, 0) is 56.6 Å². The highest BCUT2D eigenvalue weighted by atomic mass is 35.5. The number of anilines is 1. The lowest BCUT2D eigenvalue weighted by Gasteiger charge is -2.31. The molecule has 0 bridgehead atoms. The molecule has 2 aromatic carbocycles. The summed E-state index contributed by atoms with van der Waals surface area (Å²) < 4.78 is 14.0. The molecule has 1 fully saturated rings. The summed E-state index contributed by atoms with van der Waals surface area (Å²) in [7, 11) is 2.06. The number of nitrogens with one attached hydrogen (secondary N) is 1. The largest absolute Gasteiger partial charge is 0.375 e. The second-order valence-corrected chi connectivity index (χ2v) is 8.06. The molecule has 0 unspecified atom stereocenters. The third-order valence-electron chi connectivity index (χ3n) is 5.57. The highest BCUT2D eigenvalue weighted by Gasteiger charge is 2.25. The number of nitrogens with zero attached hydrogens (tertiary/aromatic N) is 2. The Bertz CT molecular complexity index is 774. The molecule has 1 aliphatic heterocycles. The minimum atomic E-state index is -0.266. The van der Waals surface area contributed by atoms with Crippen LogP contribution in [0.2, 0.25) is 5.02 Å². The van der Waals surface area contributed by atoms with Gasteiger partial charge >= 0.3 is 0 Å². The SMILES string of the molecule is CN(CCCNC(=O)C1CCN(Cc2c(F)cccc2Cl)CC1)c1ccccc1. The van der Waals surface area contributed by atoms with E-state index >= 15 is 0 Å². The normalized spacial score (nSPS) is 15.3. The van der Waals surface area contributed by atoms with Crippen LogP contribution in [0.15, 0.2) is 48.5 Å². The fourth-order valence-corrected chi connectivity index (χ4v) is 3.97. The molecule has 0 saturated carbocycles. The first-order chi connectivity index (χ1) is 14.0. The minimum Gasteiger partial charge on any atom is -0.375 e. The molecule has 1 N–H and O–H groups in total. The third kappa shape index (κ3) is 6.18. The van der Waals surface area contributed by atoms with Crippen LogP contribution in [0.4, 0.5) is 10.1 Å². The van der Waals surface area contributed by atoms with Crippen LogP contribution in [0.5, 0.6) is 0 Å². The van der Waals surface area contributed by atoms with Crippen LogP contribution >= 0.6 is 11.6 Å². The van der Waals surface area contributed by atoms with Crippen LogP contribution in [0, 0.1) is 11.7 Å². The molecule has 1 amide bonds. The zero-order valence-corrected chi connectivity index (χ0v) is 17.7. The maximum atomic E-state index is 14.0. The van der Waals surface area contributed by atoms with Crippen molar-refractivity contribution in [3.63, 3.8) is 0 Å². The molecular formula is C23H29ClFN3O. The Kier molecular flexibility index (Phi) is 7.90. The molecule has 1 aliphatic rings. The van der Waals surface area contributed by atoms with Gasteiger partial charge in [-0.3, -0.25) is 9.69 Å². The van der Waals surface area contributed by atoms with Gasteiger partial charge in [0.15, 0.2) is 0 Å². The van der Waals surface area contributed by atoms with Crippen molar-refractivity contribution in [1.82, 2.24) is 10.2 Å². The lowest BCUT2D eigenvalue weighted by molar-refractivity contribution is -0.126. The fraction of sp³-hybridized carbons (Fsp3) is 0.435. The van der Waals surface area contributed by atoms with E-state index in [4.69, 9.17) is 11.6 Å². The summed E-state index contributed by atoms with van der Waals surface area (Å²) in [5.74, 6) is -0.0945. The molecule has 3 rings (SSSR count). The van der Waals surface area contributed by atoms with Gasteiger partial charge in [-0.2, -0.15) is 0 Å². The van der Waals surface area contributed by atoms with Gasteiger partial charge in [0.25, 0.3) is 0 Å². The molecule has 0 spiro atoms. The Labute approximate surface area is 177 Å². The van der Waals surface area contributed by atoms with Crippen LogP contribution in [-0.2, 0) is 11.3 Å². The van der Waals surface area contributed by atoms with Gasteiger partial charge in [-0.25, -0.2) is 4.39 Å². The van der Waals surface area contributed by atoms with Crippen molar-refractivity contribution in [2.24, 2.45) is 5.92 Å². The predicted molar refractivity (Wildman–Crippen MR) is 117 cm³/mol. The number of benzene rings is 2. The summed E-state index contributed by atoms with van der Waals surface area (Å²) in [6, 6.07) is 15.0. The summed E-state index contributed by atoms with van der Waals surface area (Å²) in [4.78, 5) is 16.8. The molecule has 0 atom stereocenters. The van der Waals surface area contributed by atoms with Gasteiger partial charge < -0.3 is 10.2 Å². The number of carbonyl (C=O) groups is 1. The number of likely N-dealkylation sites (tertiary alicyclic amines) is 1. The summed E-state index contributed by atoms with van der Waals surface area (Å²) in [6.07, 6.45) is 2.49. The smallest absolute Gasteiger partial charge is 0.223 e. The fourth-order valence-electron chi connectivity index (χ4n) is 3.74. The number of rotatable bonds is 8. The Balaban J connectivity index is 1.36. The second kappa shape index (κ2) is 10.6. The van der Waals surface area contributed by atoms with Gasteiger partial charge in [-0.1, -0.05) is 35.9 Å². The van der Waals surface area contributed by atoms with E-state index in [9.17, 15) is 9.18 Å². The molecular weight excluding hydrogens is 389 g/mol. The van der Waals surface area contributed by atoms with Crippen molar-refractivity contribution in [3.8, 4) is 0 Å². The van der Waals surface area contributed by atoms with Crippen molar-refractivity contribution < 1.29 is 9.18 Å². The Morgan fingerprint density at radius 2 is 1.90 bits per heavy atom. The molecule has 1 saturated heterocycles. The lowest BCUT2D eigenvalue weighted by Crippen LogP contribution is -2.41. The number of hydrogen-bond acceptors (Lipinski definition) is 3. The average molecular weight is 418 g/mol. The van der Waals surface area contributed by atoms with Crippen molar-refractivity contribution in [2.75, 3.05) is 38.1 Å². The molecule has 156 valence electrons. The Hall–Kier alpha value is -2.11. The van der Waals surface area contributed by atoms with Gasteiger partial charge in [-0.15, -0.1) is 0 Å². The van der Waals surface area contributed by atoms with Gasteiger partial charge in [0.05, 0.1) is 0 Å². The van der Waals surface area contributed by atoms with E-state index in [1.54, 1.807) is 12.1 Å². The lowest BCUT2D eigenvalue weighted by atomic mass is 9.95. The maximum Gasteiger partial charge on any atom is 0.223 e. The molecule has 1 heterocycles. The molecule has 6 heteroatoms. The van der Waals surface area contributed by atoms with Crippen molar-refractivity contribution >= 4 is 23.2 Å². The number of carbonyl (C=O) groups excluding carboxylic acids is 1. The van der Waals surface area contributed by atoms with Crippen LogP contribution in [-0.4, -0.2) is 44.0 Å². The number of hydrogen-bond donors (Lipinski definition) is 1. The molecule has 0 aromatic heterocycles. The number of halogens is 2. The molecule has 0 aliphatic carbocycles. The van der Waals surface area contributed by atoms with E-state index in [1.165, 1.54) is 11.8 Å². The van der Waals surface area contributed by atoms with Gasteiger partial charge in [0.2, 0.25) is 5.91 Å². The third-order valence-corrected chi connectivity index (χ3v) is 5.92. The minimum absolute atomic E-state index is 0.0363. The first-order valence-electron chi connectivity index (χ1n) is 10.2. The number of amides is 1. The topological polar surface area (TPSA) is 35.6 Å². The van der Waals surface area contributed by atoms with Gasteiger partial charge in [0, 0.05) is 48.9 Å². The van der Waals surface area contributed by atoms with E-state index in [-0.39, 0.29) is 17.6 Å². The summed E-state index contributed by atoms with van der Waals surface area (Å²) in [5.41, 5.74) is 1.72. The standard InChI is InChI=1S/C23H29ClFN3O/c1-27(19-7-3-2-4-8-19)14-6-13-26-23(29)18-11-15-28(16-12-18)17-20-21(24)9-5-10-22(20)25/h2-5,7-10,18H,6,11-17H2,1H3,(H,26,29). The first kappa shape index (κ1) is 21.6. The van der Waals surface area contributed by atoms with Crippen molar-refractivity contribution in [1.29, 1.82) is 0 Å². The summed E-state index contributed by atoms with van der Waals surface area (Å²) >= 11 is 6.13. The van der Waals surface area contributed by atoms with Crippen molar-refractivity contribution in [2.45, 2.75) is 25.8 Å². The second-order valence-electron chi connectivity index (χ2n) is 7.65. The Morgan fingerprint density at radius 3 is 2.59 bits per heavy atom. The van der Waals surface area contributed by atoms with E-state index in [1.807, 2.05) is 18.2 Å². The number of para-hydroxylation sites is 1. The van der Waals surface area contributed by atoms with Gasteiger partial charge in [0.1, 0.15) is 5.82 Å². The predicted octanol–water partition coefficient (Wildman–Crippen LogP) is 4.33. The highest BCUT2D eigenvalue weighted by Crippen LogP contribution is 2.24. The summed E-state index contributed by atoms with van der Waals surface area (Å²) in [6.45, 7) is 3.62. The zero-order valence-electron chi connectivity index (χ0n) is 16.9. The molecule has 4 nitrogen and oxygen atoms in total. The van der Waals surface area contributed by atoms with E-state index in [2.05, 4.69) is 34.3 Å². The van der Waals surface area contributed by atoms with Crippen LogP contribution in [0.1, 0.15) is 24.8 Å².